The minimum absolute atomic E-state index is 0.102. The molecule has 0 bridgehead atoms. The molecule has 0 saturated carbocycles. The molecule has 0 unspecified atom stereocenters. The van der Waals surface area contributed by atoms with Gasteiger partial charge in [0.25, 0.3) is 5.91 Å². The first-order valence-corrected chi connectivity index (χ1v) is 5.31. The van der Waals surface area contributed by atoms with Crippen LogP contribution in [0, 0.1) is 18.6 Å². The number of halogens is 2. The Morgan fingerprint density at radius 2 is 2.26 bits per heavy atom. The van der Waals surface area contributed by atoms with E-state index in [4.69, 9.17) is 4.74 Å². The van der Waals surface area contributed by atoms with E-state index in [0.717, 1.165) is 12.1 Å². The third-order valence-electron chi connectivity index (χ3n) is 2.10. The Hall–Kier alpha value is -2.51. The lowest BCUT2D eigenvalue weighted by Crippen LogP contribution is -2.21. The summed E-state index contributed by atoms with van der Waals surface area (Å²) in [4.78, 5) is 15.3. The fourth-order valence-corrected chi connectivity index (χ4v) is 1.29. The third kappa shape index (κ3) is 3.47. The lowest BCUT2D eigenvalue weighted by Gasteiger charge is -2.06. The van der Waals surface area contributed by atoms with E-state index in [1.165, 1.54) is 0 Å². The van der Waals surface area contributed by atoms with Crippen LogP contribution in [0.2, 0.25) is 0 Å². The summed E-state index contributed by atoms with van der Waals surface area (Å²) in [6.45, 7) is 1.24. The molecule has 2 rings (SSSR count). The quantitative estimate of drug-likeness (QED) is 0.878. The number of aryl methyl sites for hydroxylation is 1. The summed E-state index contributed by atoms with van der Waals surface area (Å²) < 4.78 is 30.8. The normalized spacial score (nSPS) is 10.3. The maximum absolute atomic E-state index is 13.2. The number of benzene rings is 1. The molecule has 19 heavy (non-hydrogen) atoms. The van der Waals surface area contributed by atoms with Crippen LogP contribution < -0.4 is 10.1 Å². The fraction of sp³-hybridized carbons (Fsp3) is 0.182. The highest BCUT2D eigenvalue weighted by atomic mass is 19.1. The largest absolute Gasteiger partial charge is 0.481 e. The first-order valence-electron chi connectivity index (χ1n) is 5.31. The molecule has 0 atom stereocenters. The number of anilines is 1. The van der Waals surface area contributed by atoms with Gasteiger partial charge in [-0.25, -0.2) is 8.78 Å². The number of hydrogen-bond acceptors (Lipinski definition) is 4. The summed E-state index contributed by atoms with van der Waals surface area (Å²) in [6.07, 6.45) is 0. The third-order valence-corrected chi connectivity index (χ3v) is 2.10. The molecule has 0 spiro atoms. The van der Waals surface area contributed by atoms with Crippen LogP contribution in [-0.2, 0) is 4.79 Å². The van der Waals surface area contributed by atoms with E-state index >= 15 is 0 Å². The van der Waals surface area contributed by atoms with Gasteiger partial charge in [-0.15, -0.1) is 5.10 Å². The predicted octanol–water partition coefficient (Wildman–Crippen LogP) is 1.41. The van der Waals surface area contributed by atoms with Gasteiger partial charge in [-0.1, -0.05) is 0 Å². The Morgan fingerprint density at radius 3 is 2.89 bits per heavy atom. The molecule has 0 aliphatic carbocycles. The van der Waals surface area contributed by atoms with Gasteiger partial charge in [-0.05, 0) is 19.1 Å². The van der Waals surface area contributed by atoms with Crippen molar-refractivity contribution in [2.24, 2.45) is 0 Å². The van der Waals surface area contributed by atoms with Crippen LogP contribution in [0.25, 0.3) is 0 Å². The average molecular weight is 268 g/mol. The smallest absolute Gasteiger partial charge is 0.264 e. The summed E-state index contributed by atoms with van der Waals surface area (Å²) >= 11 is 0. The van der Waals surface area contributed by atoms with E-state index in [1.807, 2.05) is 0 Å². The van der Waals surface area contributed by atoms with Crippen LogP contribution in [0.15, 0.2) is 18.2 Å². The molecular formula is C11H10F2N4O2. The molecule has 2 aromatic rings. The van der Waals surface area contributed by atoms with Crippen molar-refractivity contribution in [3.05, 3.63) is 35.7 Å². The summed E-state index contributed by atoms with van der Waals surface area (Å²) in [7, 11) is 0. The Labute approximate surface area is 106 Å². The van der Waals surface area contributed by atoms with Crippen LogP contribution in [0.5, 0.6) is 5.75 Å². The molecule has 1 amide bonds. The lowest BCUT2D eigenvalue weighted by atomic mass is 10.3. The van der Waals surface area contributed by atoms with E-state index in [9.17, 15) is 13.6 Å². The van der Waals surface area contributed by atoms with Crippen molar-refractivity contribution in [2.45, 2.75) is 6.92 Å². The van der Waals surface area contributed by atoms with Crippen molar-refractivity contribution < 1.29 is 18.3 Å². The van der Waals surface area contributed by atoms with Gasteiger partial charge in [0.15, 0.2) is 18.2 Å². The summed E-state index contributed by atoms with van der Waals surface area (Å²) in [5.41, 5.74) is 0. The maximum atomic E-state index is 13.2. The zero-order chi connectivity index (χ0) is 13.8. The number of aromatic amines is 1. The second-order valence-electron chi connectivity index (χ2n) is 3.66. The van der Waals surface area contributed by atoms with E-state index in [-0.39, 0.29) is 11.7 Å². The first-order chi connectivity index (χ1) is 9.04. The summed E-state index contributed by atoms with van der Waals surface area (Å²) in [5.74, 6) is -1.70. The van der Waals surface area contributed by atoms with E-state index in [2.05, 4.69) is 20.5 Å². The molecule has 0 aliphatic rings. The van der Waals surface area contributed by atoms with E-state index in [1.54, 1.807) is 6.92 Å². The molecule has 0 fully saturated rings. The Bertz CT molecular complexity index is 600. The van der Waals surface area contributed by atoms with Crippen molar-refractivity contribution in [2.75, 3.05) is 11.9 Å². The van der Waals surface area contributed by atoms with Crippen LogP contribution >= 0.6 is 0 Å². The lowest BCUT2D eigenvalue weighted by molar-refractivity contribution is -0.118. The molecule has 1 aromatic carbocycles. The second kappa shape index (κ2) is 5.42. The van der Waals surface area contributed by atoms with Crippen LogP contribution in [0.1, 0.15) is 5.82 Å². The number of amides is 1. The molecule has 1 heterocycles. The highest BCUT2D eigenvalue weighted by Gasteiger charge is 2.09. The van der Waals surface area contributed by atoms with Gasteiger partial charge in [0.1, 0.15) is 11.6 Å². The van der Waals surface area contributed by atoms with Crippen LogP contribution in [0.3, 0.4) is 0 Å². The number of carbonyl (C=O) groups is 1. The maximum Gasteiger partial charge on any atom is 0.264 e. The highest BCUT2D eigenvalue weighted by molar-refractivity contribution is 5.90. The number of nitrogens with one attached hydrogen (secondary N) is 2. The zero-order valence-corrected chi connectivity index (χ0v) is 9.91. The van der Waals surface area contributed by atoms with E-state index < -0.39 is 24.1 Å². The van der Waals surface area contributed by atoms with Gasteiger partial charge >= 0.3 is 0 Å². The van der Waals surface area contributed by atoms with Crippen molar-refractivity contribution >= 4 is 11.9 Å². The van der Waals surface area contributed by atoms with Crippen molar-refractivity contribution in [1.29, 1.82) is 0 Å². The second-order valence-corrected chi connectivity index (χ2v) is 3.66. The van der Waals surface area contributed by atoms with E-state index in [0.29, 0.717) is 11.9 Å². The number of rotatable bonds is 4. The minimum Gasteiger partial charge on any atom is -0.481 e. The summed E-state index contributed by atoms with van der Waals surface area (Å²) in [5, 5.41) is 8.59. The van der Waals surface area contributed by atoms with Crippen LogP contribution in [0.4, 0.5) is 14.7 Å². The number of carbonyl (C=O) groups excluding carboxylic acids is 1. The van der Waals surface area contributed by atoms with Gasteiger partial charge in [0.2, 0.25) is 5.95 Å². The number of aromatic nitrogens is 3. The Balaban J connectivity index is 1.89. The van der Waals surface area contributed by atoms with Crippen molar-refractivity contribution in [3.63, 3.8) is 0 Å². The molecule has 0 saturated heterocycles. The molecule has 0 radical (unpaired) electrons. The monoisotopic (exact) mass is 268 g/mol. The van der Waals surface area contributed by atoms with Gasteiger partial charge < -0.3 is 4.74 Å². The van der Waals surface area contributed by atoms with Crippen molar-refractivity contribution in [1.82, 2.24) is 15.2 Å². The van der Waals surface area contributed by atoms with Crippen LogP contribution in [-0.4, -0.2) is 27.7 Å². The molecular weight excluding hydrogens is 258 g/mol. The number of nitrogens with zero attached hydrogens (tertiary/aromatic N) is 2. The molecule has 6 nitrogen and oxygen atoms in total. The highest BCUT2D eigenvalue weighted by Crippen LogP contribution is 2.17. The Kier molecular flexibility index (Phi) is 3.69. The minimum atomic E-state index is -0.874. The topological polar surface area (TPSA) is 79.9 Å². The molecule has 100 valence electrons. The van der Waals surface area contributed by atoms with Gasteiger partial charge in [0, 0.05) is 6.07 Å². The molecule has 8 heteroatoms. The van der Waals surface area contributed by atoms with Gasteiger partial charge in [-0.3, -0.25) is 15.2 Å². The number of hydrogen-bond donors (Lipinski definition) is 2. The fourth-order valence-electron chi connectivity index (χ4n) is 1.29. The zero-order valence-electron chi connectivity index (χ0n) is 9.91. The summed E-state index contributed by atoms with van der Waals surface area (Å²) in [6, 6.07) is 2.82. The van der Waals surface area contributed by atoms with Crippen molar-refractivity contribution in [3.8, 4) is 5.75 Å². The average Bonchev–Trinajstić information content (AvgIpc) is 2.73. The molecule has 0 aliphatic heterocycles. The molecule has 1 aromatic heterocycles. The SMILES string of the molecule is Cc1nc(NC(=O)COc2ccc(F)cc2F)n[nH]1. The Morgan fingerprint density at radius 1 is 1.47 bits per heavy atom. The van der Waals surface area contributed by atoms with Gasteiger partial charge in [-0.2, -0.15) is 4.98 Å². The standard InChI is InChI=1S/C11H10F2N4O2/c1-6-14-11(17-16-6)15-10(18)5-19-9-3-2-7(12)4-8(9)13/h2-4H,5H2,1H3,(H2,14,15,16,17,18). The van der Waals surface area contributed by atoms with Gasteiger partial charge in [0.05, 0.1) is 0 Å². The number of ether oxygens (including phenoxy) is 1. The predicted molar refractivity (Wildman–Crippen MR) is 61.6 cm³/mol. The molecule has 2 N–H and O–H groups in total. The first kappa shape index (κ1) is 12.9. The number of H-pyrrole nitrogens is 1.